The van der Waals surface area contributed by atoms with Crippen molar-refractivity contribution in [3.05, 3.63) is 48.0 Å². The Morgan fingerprint density at radius 2 is 1.24 bits per heavy atom. The molecule has 1 aromatic carbocycles. The summed E-state index contributed by atoms with van der Waals surface area (Å²) in [6, 6.07) is 8.30. The van der Waals surface area contributed by atoms with Crippen LogP contribution < -0.4 is 0 Å². The van der Waals surface area contributed by atoms with Crippen LogP contribution in [-0.4, -0.2) is 33.2 Å². The average molecular weight is 238 g/mol. The van der Waals surface area contributed by atoms with Gasteiger partial charge in [0.2, 0.25) is 0 Å². The molecule has 90 valence electrons. The van der Waals surface area contributed by atoms with Gasteiger partial charge in [-0.2, -0.15) is 0 Å². The third-order valence-corrected chi connectivity index (χ3v) is 1.39. The van der Waals surface area contributed by atoms with Crippen molar-refractivity contribution in [3.63, 3.8) is 0 Å². The number of carboxylic acid groups (broad SMARTS) is 3. The first-order chi connectivity index (χ1) is 7.93. The van der Waals surface area contributed by atoms with Crippen LogP contribution in [0.3, 0.4) is 0 Å². The summed E-state index contributed by atoms with van der Waals surface area (Å²) >= 11 is 0. The van der Waals surface area contributed by atoms with E-state index in [0.717, 1.165) is 0 Å². The van der Waals surface area contributed by atoms with E-state index in [1.807, 2.05) is 0 Å². The van der Waals surface area contributed by atoms with Crippen molar-refractivity contribution in [2.45, 2.75) is 0 Å². The van der Waals surface area contributed by atoms with E-state index in [2.05, 4.69) is 0 Å². The Hall–Kier alpha value is -2.63. The second-order valence-corrected chi connectivity index (χ2v) is 2.68. The lowest BCUT2D eigenvalue weighted by Gasteiger charge is -1.88. The summed E-state index contributed by atoms with van der Waals surface area (Å²) in [5.74, 6) is -3.39. The topological polar surface area (TPSA) is 112 Å². The van der Waals surface area contributed by atoms with Gasteiger partial charge >= 0.3 is 17.9 Å². The maximum atomic E-state index is 10.2. The molecule has 0 aromatic heterocycles. The van der Waals surface area contributed by atoms with Crippen LogP contribution in [0.25, 0.3) is 0 Å². The lowest BCUT2D eigenvalue weighted by atomic mass is 10.2. The van der Waals surface area contributed by atoms with Gasteiger partial charge in [-0.25, -0.2) is 14.4 Å². The van der Waals surface area contributed by atoms with E-state index in [1.54, 1.807) is 30.3 Å². The molecule has 3 N–H and O–H groups in total. The molecule has 6 heteroatoms. The number of benzene rings is 1. The predicted octanol–water partition coefficient (Wildman–Crippen LogP) is 1.10. The molecule has 1 rings (SSSR count). The maximum absolute atomic E-state index is 10.2. The van der Waals surface area contributed by atoms with Crippen molar-refractivity contribution in [2.24, 2.45) is 0 Å². The van der Waals surface area contributed by atoms with Crippen molar-refractivity contribution in [3.8, 4) is 0 Å². The third-order valence-electron chi connectivity index (χ3n) is 1.39. The van der Waals surface area contributed by atoms with E-state index >= 15 is 0 Å². The molecule has 1 aromatic rings. The molecule has 0 aliphatic rings. The molecule has 0 fully saturated rings. The highest BCUT2D eigenvalue weighted by atomic mass is 16.4. The van der Waals surface area contributed by atoms with Gasteiger partial charge in [-0.3, -0.25) is 0 Å². The fourth-order valence-electron chi connectivity index (χ4n) is 0.723. The van der Waals surface area contributed by atoms with Crippen LogP contribution in [0.2, 0.25) is 0 Å². The highest BCUT2D eigenvalue weighted by Crippen LogP contribution is 1.96. The molecular formula is C11H10O6. The minimum Gasteiger partial charge on any atom is -0.478 e. The van der Waals surface area contributed by atoms with Gasteiger partial charge in [0.05, 0.1) is 5.56 Å². The van der Waals surface area contributed by atoms with Gasteiger partial charge in [-0.1, -0.05) is 18.2 Å². The molecule has 0 radical (unpaired) electrons. The maximum Gasteiger partial charge on any atom is 0.335 e. The highest BCUT2D eigenvalue weighted by Gasteiger charge is 1.96. The largest absolute Gasteiger partial charge is 0.478 e. The molecule has 0 heterocycles. The zero-order valence-corrected chi connectivity index (χ0v) is 8.61. The van der Waals surface area contributed by atoms with E-state index in [9.17, 15) is 14.4 Å². The summed E-state index contributed by atoms with van der Waals surface area (Å²) < 4.78 is 0. The molecule has 0 aliphatic carbocycles. The third kappa shape index (κ3) is 8.37. The minimum atomic E-state index is -1.26. The van der Waals surface area contributed by atoms with E-state index < -0.39 is 17.9 Å². The molecule has 17 heavy (non-hydrogen) atoms. The molecule has 0 bridgehead atoms. The smallest absolute Gasteiger partial charge is 0.335 e. The van der Waals surface area contributed by atoms with Gasteiger partial charge in [0.25, 0.3) is 0 Å². The molecule has 0 amide bonds. The van der Waals surface area contributed by atoms with E-state index in [1.165, 1.54) is 0 Å². The number of rotatable bonds is 3. The van der Waals surface area contributed by atoms with Crippen LogP contribution in [0.4, 0.5) is 0 Å². The summed E-state index contributed by atoms with van der Waals surface area (Å²) in [7, 11) is 0. The Balaban J connectivity index is 0.000000304. The zero-order valence-electron chi connectivity index (χ0n) is 8.61. The molecule has 6 nitrogen and oxygen atoms in total. The van der Waals surface area contributed by atoms with Crippen molar-refractivity contribution in [1.29, 1.82) is 0 Å². The monoisotopic (exact) mass is 238 g/mol. The van der Waals surface area contributed by atoms with Crippen LogP contribution in [0.15, 0.2) is 42.5 Å². The Bertz CT molecular complexity index is 405. The summed E-state index contributed by atoms with van der Waals surface area (Å²) in [6.45, 7) is 0. The second kappa shape index (κ2) is 7.63. The van der Waals surface area contributed by atoms with Crippen molar-refractivity contribution >= 4 is 17.9 Å². The highest BCUT2D eigenvalue weighted by molar-refractivity contribution is 5.89. The minimum absolute atomic E-state index is 0.331. The predicted molar refractivity (Wildman–Crippen MR) is 57.8 cm³/mol. The molecule has 0 aliphatic heterocycles. The van der Waals surface area contributed by atoms with Gasteiger partial charge in [-0.15, -0.1) is 0 Å². The van der Waals surface area contributed by atoms with Gasteiger partial charge in [0, 0.05) is 12.2 Å². The van der Waals surface area contributed by atoms with Gasteiger partial charge in [0.15, 0.2) is 0 Å². The second-order valence-electron chi connectivity index (χ2n) is 2.68. The van der Waals surface area contributed by atoms with Gasteiger partial charge in [-0.05, 0) is 12.1 Å². The van der Waals surface area contributed by atoms with Gasteiger partial charge in [0.1, 0.15) is 0 Å². The number of hydrogen-bond donors (Lipinski definition) is 3. The van der Waals surface area contributed by atoms with Crippen molar-refractivity contribution in [2.75, 3.05) is 0 Å². The summed E-state index contributed by atoms with van der Waals surface area (Å²) in [5.41, 5.74) is 0.331. The van der Waals surface area contributed by atoms with Crippen molar-refractivity contribution in [1.82, 2.24) is 0 Å². The van der Waals surface area contributed by atoms with Crippen LogP contribution in [0.5, 0.6) is 0 Å². The van der Waals surface area contributed by atoms with Crippen molar-refractivity contribution < 1.29 is 29.7 Å². The quantitative estimate of drug-likeness (QED) is 0.679. The Morgan fingerprint density at radius 3 is 1.47 bits per heavy atom. The van der Waals surface area contributed by atoms with Crippen LogP contribution in [0.1, 0.15) is 10.4 Å². The number of aromatic carboxylic acids is 1. The summed E-state index contributed by atoms with van der Waals surface area (Å²) in [5, 5.41) is 24.0. The van der Waals surface area contributed by atoms with E-state index in [-0.39, 0.29) is 0 Å². The Kier molecular flexibility index (Phi) is 6.45. The Morgan fingerprint density at radius 1 is 0.824 bits per heavy atom. The van der Waals surface area contributed by atoms with Gasteiger partial charge < -0.3 is 15.3 Å². The molecule has 0 unspecified atom stereocenters. The van der Waals surface area contributed by atoms with E-state index in [4.69, 9.17) is 15.3 Å². The average Bonchev–Trinajstić information content (AvgIpc) is 2.28. The SMILES string of the molecule is O=C(O)C=CC(=O)O.O=C(O)c1ccccc1. The summed E-state index contributed by atoms with van der Waals surface area (Å²) in [4.78, 5) is 29.3. The fraction of sp³-hybridized carbons (Fsp3) is 0. The summed E-state index contributed by atoms with van der Waals surface area (Å²) in [6.07, 6.45) is 1.12. The standard InChI is InChI=1S/C7H6O2.C4H4O4/c8-7(9)6-4-2-1-3-5-6;5-3(6)1-2-4(7)8/h1-5H,(H,8,9);1-2H,(H,5,6)(H,7,8). The first-order valence-electron chi connectivity index (χ1n) is 4.35. The number of hydrogen-bond acceptors (Lipinski definition) is 3. The van der Waals surface area contributed by atoms with Crippen LogP contribution in [-0.2, 0) is 9.59 Å². The molecular weight excluding hydrogens is 228 g/mol. The van der Waals surface area contributed by atoms with Crippen LogP contribution >= 0.6 is 0 Å². The lowest BCUT2D eigenvalue weighted by Crippen LogP contribution is -1.93. The zero-order chi connectivity index (χ0) is 13.3. The fourth-order valence-corrected chi connectivity index (χ4v) is 0.723. The molecule has 0 atom stereocenters. The number of carbonyl (C=O) groups is 3. The number of carboxylic acids is 3. The molecule has 0 saturated carbocycles. The van der Waals surface area contributed by atoms with Crippen LogP contribution in [0, 0.1) is 0 Å². The molecule has 0 spiro atoms. The first kappa shape index (κ1) is 14.4. The molecule has 0 saturated heterocycles. The van der Waals surface area contributed by atoms with E-state index in [0.29, 0.717) is 17.7 Å². The number of aliphatic carboxylic acids is 2. The normalized spacial score (nSPS) is 9.18. The first-order valence-corrected chi connectivity index (χ1v) is 4.35. The Labute approximate surface area is 96.4 Å². The lowest BCUT2D eigenvalue weighted by molar-refractivity contribution is -0.134.